The van der Waals surface area contributed by atoms with Gasteiger partial charge in [-0.15, -0.1) is 0 Å². The highest BCUT2D eigenvalue weighted by atomic mass is 35.5. The molecule has 2 N–H and O–H groups in total. The predicted octanol–water partition coefficient (Wildman–Crippen LogP) is 2.56. The van der Waals surface area contributed by atoms with Gasteiger partial charge in [0.15, 0.2) is 0 Å². The molecule has 0 spiro atoms. The fraction of sp³-hybridized carbons (Fsp3) is 0.600. The Morgan fingerprint density at radius 1 is 1.29 bits per heavy atom. The van der Waals surface area contributed by atoms with E-state index in [2.05, 4.69) is 5.32 Å². The van der Waals surface area contributed by atoms with Crippen molar-refractivity contribution < 1.29 is 19.3 Å². The minimum Gasteiger partial charge on any atom is -0.495 e. The molecule has 1 unspecified atom stereocenters. The maximum absolute atomic E-state index is 9.90. The molecule has 2 rings (SSSR count). The molecule has 118 valence electrons. The van der Waals surface area contributed by atoms with E-state index in [0.717, 1.165) is 12.3 Å². The van der Waals surface area contributed by atoms with Crippen molar-refractivity contribution in [2.45, 2.75) is 18.9 Å². The van der Waals surface area contributed by atoms with Crippen LogP contribution < -0.4 is 14.8 Å². The van der Waals surface area contributed by atoms with Gasteiger partial charge in [-0.1, -0.05) is 11.6 Å². The highest BCUT2D eigenvalue weighted by molar-refractivity contribution is 6.32. The summed E-state index contributed by atoms with van der Waals surface area (Å²) >= 11 is 6.04. The van der Waals surface area contributed by atoms with E-state index in [9.17, 15) is 5.11 Å². The largest absolute Gasteiger partial charge is 0.495 e. The summed E-state index contributed by atoms with van der Waals surface area (Å²) in [5.74, 6) is 1.86. The molecule has 0 heterocycles. The summed E-state index contributed by atoms with van der Waals surface area (Å²) in [5, 5.41) is 13.5. The molecule has 0 aromatic heterocycles. The van der Waals surface area contributed by atoms with Gasteiger partial charge in [-0.25, -0.2) is 0 Å². The summed E-state index contributed by atoms with van der Waals surface area (Å²) in [6.07, 6.45) is 1.92. The molecule has 0 radical (unpaired) electrons. The predicted molar refractivity (Wildman–Crippen MR) is 82.6 cm³/mol. The number of ether oxygens (including phenoxy) is 3. The van der Waals surface area contributed by atoms with Crippen molar-refractivity contribution in [1.82, 2.24) is 0 Å². The minimum atomic E-state index is -0.574. The maximum atomic E-state index is 9.90. The Morgan fingerprint density at radius 3 is 2.62 bits per heavy atom. The van der Waals surface area contributed by atoms with Crippen molar-refractivity contribution in [3.05, 3.63) is 17.2 Å². The van der Waals surface area contributed by atoms with Crippen LogP contribution in [-0.2, 0) is 4.74 Å². The Hall–Kier alpha value is -1.17. The number of hydrogen-bond donors (Lipinski definition) is 2. The Bertz CT molecular complexity index is 465. The Balaban J connectivity index is 1.85. The number of aliphatic hydroxyl groups is 1. The number of halogens is 1. The number of anilines is 1. The first-order valence-corrected chi connectivity index (χ1v) is 7.43. The minimum absolute atomic E-state index is 0.330. The van der Waals surface area contributed by atoms with Gasteiger partial charge in [0, 0.05) is 25.3 Å². The number of hydrogen-bond acceptors (Lipinski definition) is 5. The first-order valence-electron chi connectivity index (χ1n) is 7.05. The van der Waals surface area contributed by atoms with Crippen molar-refractivity contribution in [2.75, 3.05) is 39.3 Å². The van der Waals surface area contributed by atoms with Crippen LogP contribution in [-0.4, -0.2) is 45.2 Å². The van der Waals surface area contributed by atoms with Crippen LogP contribution in [0.4, 0.5) is 5.69 Å². The molecule has 0 bridgehead atoms. The van der Waals surface area contributed by atoms with Gasteiger partial charge in [-0.3, -0.25) is 0 Å². The fourth-order valence-electron chi connectivity index (χ4n) is 1.94. The van der Waals surface area contributed by atoms with Crippen LogP contribution in [0.5, 0.6) is 11.5 Å². The lowest BCUT2D eigenvalue weighted by atomic mass is 10.2. The molecule has 0 saturated heterocycles. The van der Waals surface area contributed by atoms with Crippen molar-refractivity contribution in [2.24, 2.45) is 5.92 Å². The third kappa shape index (κ3) is 4.95. The zero-order valence-electron chi connectivity index (χ0n) is 12.4. The van der Waals surface area contributed by atoms with E-state index >= 15 is 0 Å². The second-order valence-corrected chi connectivity index (χ2v) is 5.61. The van der Waals surface area contributed by atoms with Crippen molar-refractivity contribution >= 4 is 17.3 Å². The lowest BCUT2D eigenvalue weighted by Gasteiger charge is -2.16. The lowest BCUT2D eigenvalue weighted by molar-refractivity contribution is 0.0386. The number of methoxy groups -OCH3 is 2. The van der Waals surface area contributed by atoms with Crippen LogP contribution in [0.2, 0.25) is 5.02 Å². The van der Waals surface area contributed by atoms with E-state index in [4.69, 9.17) is 25.8 Å². The number of rotatable bonds is 9. The summed E-state index contributed by atoms with van der Waals surface area (Å²) in [6, 6.07) is 3.43. The van der Waals surface area contributed by atoms with Crippen molar-refractivity contribution in [1.29, 1.82) is 0 Å². The third-order valence-electron chi connectivity index (χ3n) is 3.36. The number of benzene rings is 1. The van der Waals surface area contributed by atoms with E-state index in [1.54, 1.807) is 26.4 Å². The summed E-state index contributed by atoms with van der Waals surface area (Å²) in [6.45, 7) is 1.44. The quantitative estimate of drug-likeness (QED) is 0.733. The standard InChI is InChI=1S/C15H22ClNO4/c1-19-14-6-13(15(20-2)5-12(14)16)17-7-11(18)9-21-8-10-3-4-10/h5-6,10-11,17-18H,3-4,7-9H2,1-2H3. The van der Waals surface area contributed by atoms with Crippen LogP contribution >= 0.6 is 11.6 Å². The van der Waals surface area contributed by atoms with E-state index in [1.165, 1.54) is 12.8 Å². The van der Waals surface area contributed by atoms with Crippen LogP contribution in [0.1, 0.15) is 12.8 Å². The molecule has 1 aromatic rings. The molecule has 0 amide bonds. The summed E-state index contributed by atoms with van der Waals surface area (Å²) in [5.41, 5.74) is 0.722. The zero-order valence-corrected chi connectivity index (χ0v) is 13.2. The molecule has 1 aliphatic carbocycles. The fourth-order valence-corrected chi connectivity index (χ4v) is 2.17. The molecule has 6 heteroatoms. The Labute approximate surface area is 130 Å². The first-order chi connectivity index (χ1) is 10.1. The molecule has 0 aliphatic heterocycles. The summed E-state index contributed by atoms with van der Waals surface area (Å²) in [7, 11) is 3.12. The maximum Gasteiger partial charge on any atom is 0.143 e. The van der Waals surface area contributed by atoms with E-state index in [0.29, 0.717) is 35.6 Å². The average Bonchev–Trinajstić information content (AvgIpc) is 3.29. The van der Waals surface area contributed by atoms with Gasteiger partial charge in [0.1, 0.15) is 11.5 Å². The number of aliphatic hydroxyl groups excluding tert-OH is 1. The van der Waals surface area contributed by atoms with Crippen LogP contribution in [0.3, 0.4) is 0 Å². The number of nitrogens with one attached hydrogen (secondary N) is 1. The SMILES string of the molecule is COc1cc(NCC(O)COCC2CC2)c(OC)cc1Cl. The molecule has 1 aliphatic rings. The van der Waals surface area contributed by atoms with Crippen molar-refractivity contribution in [3.63, 3.8) is 0 Å². The molecule has 21 heavy (non-hydrogen) atoms. The topological polar surface area (TPSA) is 60.0 Å². The summed E-state index contributed by atoms with van der Waals surface area (Å²) in [4.78, 5) is 0. The molecule has 1 aromatic carbocycles. The normalized spacial score (nSPS) is 15.6. The Morgan fingerprint density at radius 2 is 2.00 bits per heavy atom. The van der Waals surface area contributed by atoms with Gasteiger partial charge in [-0.05, 0) is 18.8 Å². The zero-order chi connectivity index (χ0) is 15.2. The van der Waals surface area contributed by atoms with E-state index in [-0.39, 0.29) is 0 Å². The van der Waals surface area contributed by atoms with Gasteiger partial charge in [-0.2, -0.15) is 0 Å². The smallest absolute Gasteiger partial charge is 0.143 e. The van der Waals surface area contributed by atoms with Gasteiger partial charge in [0.2, 0.25) is 0 Å². The first kappa shape index (κ1) is 16.2. The molecular weight excluding hydrogens is 294 g/mol. The van der Waals surface area contributed by atoms with E-state index < -0.39 is 6.10 Å². The van der Waals surface area contributed by atoms with Crippen molar-refractivity contribution in [3.8, 4) is 11.5 Å². The van der Waals surface area contributed by atoms with Crippen LogP contribution in [0.15, 0.2) is 12.1 Å². The Kier molecular flexibility index (Phi) is 5.96. The van der Waals surface area contributed by atoms with E-state index in [1.807, 2.05) is 0 Å². The molecule has 5 nitrogen and oxygen atoms in total. The second-order valence-electron chi connectivity index (χ2n) is 5.20. The molecule has 1 atom stereocenters. The lowest BCUT2D eigenvalue weighted by Crippen LogP contribution is -2.25. The molecular formula is C15H22ClNO4. The van der Waals surface area contributed by atoms with Crippen LogP contribution in [0, 0.1) is 5.92 Å². The third-order valence-corrected chi connectivity index (χ3v) is 3.66. The molecule has 1 fully saturated rings. The van der Waals surface area contributed by atoms with Crippen LogP contribution in [0.25, 0.3) is 0 Å². The average molecular weight is 316 g/mol. The highest BCUT2D eigenvalue weighted by Crippen LogP contribution is 2.35. The van der Waals surface area contributed by atoms with Gasteiger partial charge in [0.05, 0.1) is 37.6 Å². The van der Waals surface area contributed by atoms with Gasteiger partial charge in [0.25, 0.3) is 0 Å². The van der Waals surface area contributed by atoms with Gasteiger partial charge < -0.3 is 24.6 Å². The highest BCUT2D eigenvalue weighted by Gasteiger charge is 2.21. The monoisotopic (exact) mass is 315 g/mol. The molecule has 1 saturated carbocycles. The second kappa shape index (κ2) is 7.73. The van der Waals surface area contributed by atoms with Gasteiger partial charge >= 0.3 is 0 Å². The summed E-state index contributed by atoms with van der Waals surface area (Å²) < 4.78 is 15.9.